The number of aliphatic imine (C=N–C) groups is 1. The SMILES string of the molecule is C=CCN1CCC(NC(=NC)NCC(C)c2ccc(F)c(F)c2)CC1.I. The number of guanidine groups is 1. The number of rotatable bonds is 6. The summed E-state index contributed by atoms with van der Waals surface area (Å²) in [6.07, 6.45) is 4.06. The van der Waals surface area contributed by atoms with E-state index in [1.807, 2.05) is 13.0 Å². The molecule has 146 valence electrons. The second-order valence-corrected chi connectivity index (χ2v) is 6.54. The Kier molecular flexibility index (Phi) is 10.1. The van der Waals surface area contributed by atoms with Crippen molar-refractivity contribution in [2.75, 3.05) is 33.2 Å². The lowest BCUT2D eigenvalue weighted by Crippen LogP contribution is -2.49. The van der Waals surface area contributed by atoms with Crippen molar-refractivity contribution in [2.45, 2.75) is 31.7 Å². The average molecular weight is 478 g/mol. The van der Waals surface area contributed by atoms with Crippen LogP contribution in [0.25, 0.3) is 0 Å². The molecule has 0 amide bonds. The van der Waals surface area contributed by atoms with Crippen molar-refractivity contribution in [2.24, 2.45) is 4.99 Å². The quantitative estimate of drug-likeness (QED) is 0.285. The van der Waals surface area contributed by atoms with Crippen molar-refractivity contribution in [1.29, 1.82) is 0 Å². The fraction of sp³-hybridized carbons (Fsp3) is 0.526. The van der Waals surface area contributed by atoms with Gasteiger partial charge in [-0.1, -0.05) is 19.1 Å². The number of hydrogen-bond donors (Lipinski definition) is 2. The maximum atomic E-state index is 13.4. The topological polar surface area (TPSA) is 39.7 Å². The highest BCUT2D eigenvalue weighted by atomic mass is 127. The Morgan fingerprint density at radius 3 is 2.62 bits per heavy atom. The Bertz CT molecular complexity index is 601. The van der Waals surface area contributed by atoms with E-state index in [9.17, 15) is 8.78 Å². The first-order chi connectivity index (χ1) is 12.0. The number of benzene rings is 1. The smallest absolute Gasteiger partial charge is 0.191 e. The number of nitrogens with zero attached hydrogens (tertiary/aromatic N) is 2. The Balaban J connectivity index is 0.00000338. The lowest BCUT2D eigenvalue weighted by molar-refractivity contribution is 0.225. The van der Waals surface area contributed by atoms with Gasteiger partial charge in [0.15, 0.2) is 17.6 Å². The first-order valence-corrected chi connectivity index (χ1v) is 8.78. The first-order valence-electron chi connectivity index (χ1n) is 8.78. The number of piperidine rings is 1. The molecule has 1 saturated heterocycles. The van der Waals surface area contributed by atoms with Crippen LogP contribution in [0.2, 0.25) is 0 Å². The summed E-state index contributed by atoms with van der Waals surface area (Å²) in [7, 11) is 1.74. The summed E-state index contributed by atoms with van der Waals surface area (Å²) in [6.45, 7) is 9.38. The predicted octanol–water partition coefficient (Wildman–Crippen LogP) is 3.50. The van der Waals surface area contributed by atoms with Crippen molar-refractivity contribution in [3.63, 3.8) is 0 Å². The Hall–Kier alpha value is -1.22. The van der Waals surface area contributed by atoms with Crippen LogP contribution >= 0.6 is 24.0 Å². The van der Waals surface area contributed by atoms with Gasteiger partial charge in [-0.05, 0) is 36.5 Å². The monoisotopic (exact) mass is 478 g/mol. The van der Waals surface area contributed by atoms with E-state index in [0.717, 1.165) is 44.0 Å². The first kappa shape index (κ1) is 22.8. The van der Waals surface area contributed by atoms with Gasteiger partial charge in [-0.25, -0.2) is 8.78 Å². The van der Waals surface area contributed by atoms with E-state index in [-0.39, 0.29) is 29.9 Å². The van der Waals surface area contributed by atoms with Gasteiger partial charge in [0.25, 0.3) is 0 Å². The predicted molar refractivity (Wildman–Crippen MR) is 114 cm³/mol. The molecule has 1 unspecified atom stereocenters. The van der Waals surface area contributed by atoms with Crippen LogP contribution in [0, 0.1) is 11.6 Å². The lowest BCUT2D eigenvalue weighted by Gasteiger charge is -2.32. The maximum absolute atomic E-state index is 13.4. The minimum absolute atomic E-state index is 0. The van der Waals surface area contributed by atoms with E-state index in [4.69, 9.17) is 0 Å². The van der Waals surface area contributed by atoms with Gasteiger partial charge in [-0.2, -0.15) is 0 Å². The average Bonchev–Trinajstić information content (AvgIpc) is 2.62. The fourth-order valence-electron chi connectivity index (χ4n) is 3.02. The third-order valence-corrected chi connectivity index (χ3v) is 4.63. The number of halogens is 3. The highest BCUT2D eigenvalue weighted by Crippen LogP contribution is 2.17. The lowest BCUT2D eigenvalue weighted by atomic mass is 10.0. The van der Waals surface area contributed by atoms with E-state index >= 15 is 0 Å². The summed E-state index contributed by atoms with van der Waals surface area (Å²) >= 11 is 0. The largest absolute Gasteiger partial charge is 0.356 e. The van der Waals surface area contributed by atoms with Crippen LogP contribution in [-0.2, 0) is 0 Å². The molecule has 1 aromatic rings. The molecule has 1 heterocycles. The molecule has 26 heavy (non-hydrogen) atoms. The summed E-state index contributed by atoms with van der Waals surface area (Å²) in [5.74, 6) is -0.831. The second kappa shape index (κ2) is 11.5. The van der Waals surface area contributed by atoms with Crippen molar-refractivity contribution in [1.82, 2.24) is 15.5 Å². The molecule has 0 spiro atoms. The van der Waals surface area contributed by atoms with Crippen molar-refractivity contribution < 1.29 is 8.78 Å². The zero-order valence-electron chi connectivity index (χ0n) is 15.5. The molecule has 1 aromatic carbocycles. The van der Waals surface area contributed by atoms with Gasteiger partial charge in [-0.15, -0.1) is 30.6 Å². The second-order valence-electron chi connectivity index (χ2n) is 6.54. The summed E-state index contributed by atoms with van der Waals surface area (Å²) in [5.41, 5.74) is 0.764. The molecule has 0 saturated carbocycles. The highest BCUT2D eigenvalue weighted by molar-refractivity contribution is 14.0. The van der Waals surface area contributed by atoms with Crippen LogP contribution in [0.4, 0.5) is 8.78 Å². The Morgan fingerprint density at radius 2 is 2.04 bits per heavy atom. The molecular weight excluding hydrogens is 449 g/mol. The van der Waals surface area contributed by atoms with Gasteiger partial charge >= 0.3 is 0 Å². The summed E-state index contributed by atoms with van der Waals surface area (Å²) in [4.78, 5) is 6.65. The van der Waals surface area contributed by atoms with Gasteiger partial charge in [0.05, 0.1) is 0 Å². The third kappa shape index (κ3) is 6.83. The van der Waals surface area contributed by atoms with Crippen LogP contribution < -0.4 is 10.6 Å². The van der Waals surface area contributed by atoms with Gasteiger partial charge in [0.1, 0.15) is 0 Å². The van der Waals surface area contributed by atoms with E-state index in [1.54, 1.807) is 13.1 Å². The molecule has 0 aliphatic carbocycles. The standard InChI is InChI=1S/C19H28F2N4.HI/c1-4-9-25-10-7-16(8-11-25)24-19(22-3)23-13-14(2)15-5-6-17(20)18(21)12-15;/h4-6,12,14,16H,1,7-11,13H2,2-3H3,(H2,22,23,24);1H. The Morgan fingerprint density at radius 1 is 1.35 bits per heavy atom. The zero-order chi connectivity index (χ0) is 18.2. The van der Waals surface area contributed by atoms with E-state index in [1.165, 1.54) is 12.1 Å². The summed E-state index contributed by atoms with van der Waals surface area (Å²) in [6, 6.07) is 4.44. The molecule has 1 aliphatic heterocycles. The molecule has 2 rings (SSSR count). The normalized spacial score (nSPS) is 17.3. The molecule has 1 atom stereocenters. The maximum Gasteiger partial charge on any atom is 0.191 e. The molecular formula is C19H29F2IN4. The molecule has 0 aromatic heterocycles. The van der Waals surface area contributed by atoms with Gasteiger partial charge in [0.2, 0.25) is 0 Å². The summed E-state index contributed by atoms with van der Waals surface area (Å²) in [5, 5.41) is 6.73. The van der Waals surface area contributed by atoms with E-state index in [0.29, 0.717) is 12.6 Å². The van der Waals surface area contributed by atoms with E-state index < -0.39 is 11.6 Å². The van der Waals surface area contributed by atoms with Gasteiger partial charge in [0, 0.05) is 39.3 Å². The molecule has 0 bridgehead atoms. The van der Waals surface area contributed by atoms with Crippen molar-refractivity contribution >= 4 is 29.9 Å². The van der Waals surface area contributed by atoms with Crippen molar-refractivity contribution in [3.05, 3.63) is 48.1 Å². The van der Waals surface area contributed by atoms with Crippen LogP contribution in [0.1, 0.15) is 31.2 Å². The number of likely N-dealkylation sites (tertiary alicyclic amines) is 1. The molecule has 1 aliphatic rings. The van der Waals surface area contributed by atoms with Crippen molar-refractivity contribution in [3.8, 4) is 0 Å². The van der Waals surface area contributed by atoms with E-state index in [2.05, 4.69) is 27.1 Å². The minimum atomic E-state index is -0.816. The van der Waals surface area contributed by atoms with Gasteiger partial charge < -0.3 is 10.6 Å². The number of hydrogen-bond acceptors (Lipinski definition) is 2. The van der Waals surface area contributed by atoms with Gasteiger partial charge in [-0.3, -0.25) is 9.89 Å². The highest BCUT2D eigenvalue weighted by Gasteiger charge is 2.19. The van der Waals surface area contributed by atoms with Crippen LogP contribution in [0.5, 0.6) is 0 Å². The molecule has 4 nitrogen and oxygen atoms in total. The fourth-order valence-corrected chi connectivity index (χ4v) is 3.02. The van der Waals surface area contributed by atoms with Crippen LogP contribution in [-0.4, -0.2) is 50.1 Å². The number of nitrogens with one attached hydrogen (secondary N) is 2. The zero-order valence-corrected chi connectivity index (χ0v) is 17.8. The molecule has 1 fully saturated rings. The molecule has 0 radical (unpaired) electrons. The molecule has 7 heteroatoms. The van der Waals surface area contributed by atoms with Crippen LogP contribution in [0.3, 0.4) is 0 Å². The minimum Gasteiger partial charge on any atom is -0.356 e. The third-order valence-electron chi connectivity index (χ3n) is 4.63. The Labute approximate surface area is 172 Å². The summed E-state index contributed by atoms with van der Waals surface area (Å²) < 4.78 is 26.4. The molecule has 2 N–H and O–H groups in total. The van der Waals surface area contributed by atoms with Crippen LogP contribution in [0.15, 0.2) is 35.8 Å².